The topological polar surface area (TPSA) is 528 Å². The minimum absolute atomic E-state index is 0.0121. The summed E-state index contributed by atoms with van der Waals surface area (Å²) >= 11 is 0. The molecule has 0 aliphatic carbocycles. The normalized spacial score (nSPS) is 25.4. The molecule has 2 unspecified atom stereocenters. The van der Waals surface area contributed by atoms with Gasteiger partial charge in [0.2, 0.25) is 41.4 Å². The Hall–Kier alpha value is -10.2. The van der Waals surface area contributed by atoms with Crippen LogP contribution in [0.15, 0.2) is 115 Å². The lowest BCUT2D eigenvalue weighted by atomic mass is 9.87. The number of hydrogen-bond acceptors (Lipinski definition) is 27. The van der Waals surface area contributed by atoms with Gasteiger partial charge < -0.3 is 113 Å². The maximum absolute atomic E-state index is 15.0. The van der Waals surface area contributed by atoms with Crippen LogP contribution in [-0.4, -0.2) is 283 Å². The van der Waals surface area contributed by atoms with Gasteiger partial charge in [-0.2, -0.15) is 10.2 Å². The Bertz CT molecular complexity index is 4610. The third-order valence-electron chi connectivity index (χ3n) is 24.9. The van der Waals surface area contributed by atoms with Crippen molar-refractivity contribution in [2.75, 3.05) is 81.9 Å². The number of phenolic OH excluding ortho intramolecular Hbond substituents is 1. The monoisotopic (exact) mass is 1790 g/mol. The molecule has 19 N–H and O–H groups in total. The number of carbonyl (C=O) groups is 7. The highest BCUT2D eigenvalue weighted by Gasteiger charge is 2.50. The number of aromatic hydroxyl groups is 1. The predicted molar refractivity (Wildman–Crippen MR) is 468 cm³/mol. The Kier molecular flexibility index (Phi) is 37.0. The van der Waals surface area contributed by atoms with Gasteiger partial charge in [0.1, 0.15) is 102 Å². The van der Waals surface area contributed by atoms with Crippen molar-refractivity contribution in [3.8, 4) is 17.2 Å². The number of unbranched alkanes of at least 4 members (excludes halogenated alkanes) is 5. The van der Waals surface area contributed by atoms with Crippen molar-refractivity contribution in [1.82, 2.24) is 70.8 Å². The fourth-order valence-electron chi connectivity index (χ4n) is 17.5. The van der Waals surface area contributed by atoms with Gasteiger partial charge >= 0.3 is 5.69 Å². The lowest BCUT2D eigenvalue weighted by Gasteiger charge is -2.37. The molecular weight excluding hydrogens is 1660 g/mol. The third kappa shape index (κ3) is 26.3. The number of phenols is 1. The van der Waals surface area contributed by atoms with Crippen LogP contribution in [0.25, 0.3) is 5.69 Å². The number of piperazine rings is 1. The van der Waals surface area contributed by atoms with Gasteiger partial charge in [-0.25, -0.2) is 32.5 Å². The van der Waals surface area contributed by atoms with Crippen LogP contribution in [0.1, 0.15) is 168 Å². The summed E-state index contributed by atoms with van der Waals surface area (Å²) in [6.45, 7) is 14.7. The molecule has 0 bridgehead atoms. The lowest BCUT2D eigenvalue weighted by molar-refractivity contribution is -0.148. The Morgan fingerprint density at radius 2 is 1.31 bits per heavy atom. The van der Waals surface area contributed by atoms with E-state index in [1.54, 1.807) is 17.9 Å². The SMILES string of the molecule is CCC(C)CC(C)CCCCCCCCC(=O)N[C@H]1C[C@@H](O)[C@H](NCCN)NC(=O)[C@@H]2[C@@H](O)CCN2C(=O)[C@H]([C@H](O)CCN)NC(=O)[C@H]([C@H](O)[C@@H](O)c2ccc(O)cc2)NC(=O)[C@@H]2C[C@@H](O)CN2C(=O)[C@H]([C@@H](C)O)NC1=O.CC[C@@H]([C@H](C)O)n1ncn(-c2ccc(N3CCN(c4ccc(OC[C@@H]5CO[C@@](Cn6cncn6)(c6ccc(F)cc6F)C5)cc4)CC3)cc2)c1=O. The largest absolute Gasteiger partial charge is 0.508 e. The van der Waals surface area contributed by atoms with Gasteiger partial charge in [-0.05, 0) is 143 Å². The number of hydrogen-bond donors (Lipinski definition) is 17. The molecule has 20 atom stereocenters. The average molecular weight is 1790 g/mol. The van der Waals surface area contributed by atoms with Crippen molar-refractivity contribution in [1.29, 1.82) is 0 Å². The zero-order chi connectivity index (χ0) is 92.6. The molecule has 39 heteroatoms. The van der Waals surface area contributed by atoms with Gasteiger partial charge in [0.15, 0.2) is 0 Å². The highest BCUT2D eigenvalue weighted by atomic mass is 19.1. The predicted octanol–water partition coefficient (Wildman–Crippen LogP) is 1.26. The van der Waals surface area contributed by atoms with Crippen molar-refractivity contribution >= 4 is 52.7 Å². The number of aliphatic hydroxyl groups is 8. The Morgan fingerprint density at radius 1 is 0.672 bits per heavy atom. The summed E-state index contributed by atoms with van der Waals surface area (Å²) in [5.74, 6) is -7.00. The number of anilines is 2. The molecular formula is C89H130F2N18O19. The quantitative estimate of drug-likeness (QED) is 0.0249. The second-order valence-electron chi connectivity index (χ2n) is 34.6. The van der Waals surface area contributed by atoms with Crippen LogP contribution in [0.2, 0.25) is 0 Å². The second kappa shape index (κ2) is 47.4. The molecule has 7 amide bonds. The van der Waals surface area contributed by atoms with Gasteiger partial charge in [0.05, 0.1) is 68.1 Å². The highest BCUT2D eigenvalue weighted by molar-refractivity contribution is 5.98. The van der Waals surface area contributed by atoms with Gasteiger partial charge in [0.25, 0.3) is 0 Å². The number of fused-ring (bicyclic) bond motifs is 2. The minimum Gasteiger partial charge on any atom is -0.508 e. The van der Waals surface area contributed by atoms with E-state index in [1.165, 1.54) is 64.7 Å². The number of carbonyl (C=O) groups excluding carboxylic acids is 7. The Morgan fingerprint density at radius 3 is 1.94 bits per heavy atom. The summed E-state index contributed by atoms with van der Waals surface area (Å²) in [5, 5.41) is 123. The number of amides is 7. The molecule has 0 saturated carbocycles. The maximum Gasteiger partial charge on any atom is 0.350 e. The molecule has 5 aliphatic rings. The molecule has 11 rings (SSSR count). The first-order chi connectivity index (χ1) is 61.2. The average Bonchev–Trinajstić information content (AvgIpc) is 1.60. The van der Waals surface area contributed by atoms with Gasteiger partial charge in [-0.15, -0.1) is 0 Å². The number of halogens is 2. The van der Waals surface area contributed by atoms with E-state index in [2.05, 4.69) is 89.8 Å². The Labute approximate surface area is 743 Å². The number of benzene rings is 4. The Balaban J connectivity index is 0.000000288. The van der Waals surface area contributed by atoms with Crippen LogP contribution >= 0.6 is 0 Å². The van der Waals surface area contributed by atoms with Gasteiger partial charge in [-0.3, -0.25) is 38.9 Å². The molecule has 7 heterocycles. The maximum atomic E-state index is 15.0. The fraction of sp³-hybridized carbons (Fsp3) is 0.607. The number of rotatable bonds is 35. The zero-order valence-corrected chi connectivity index (χ0v) is 73.7. The molecule has 128 heavy (non-hydrogen) atoms. The lowest BCUT2D eigenvalue weighted by Crippen LogP contribution is -2.65. The van der Waals surface area contributed by atoms with Crippen molar-refractivity contribution < 1.29 is 97.8 Å². The van der Waals surface area contributed by atoms with E-state index in [-0.39, 0.29) is 80.9 Å². The van der Waals surface area contributed by atoms with Crippen LogP contribution < -0.4 is 63.6 Å². The number of ether oxygens (including phenoxy) is 2. The van der Waals surface area contributed by atoms with Crippen LogP contribution in [0, 0.1) is 29.4 Å². The van der Waals surface area contributed by atoms with Crippen molar-refractivity contribution in [2.45, 2.75) is 254 Å². The molecule has 0 spiro atoms. The van der Waals surface area contributed by atoms with Crippen LogP contribution in [-0.2, 0) is 50.4 Å². The highest BCUT2D eigenvalue weighted by Crippen LogP contribution is 2.43. The summed E-state index contributed by atoms with van der Waals surface area (Å²) in [6, 6.07) is 12.8. The molecule has 4 aromatic carbocycles. The van der Waals surface area contributed by atoms with E-state index in [4.69, 9.17) is 20.9 Å². The smallest absolute Gasteiger partial charge is 0.350 e. The first kappa shape index (κ1) is 100.0. The third-order valence-corrected chi connectivity index (χ3v) is 24.9. The summed E-state index contributed by atoms with van der Waals surface area (Å²) in [7, 11) is 0. The molecule has 0 radical (unpaired) electrons. The molecule has 704 valence electrons. The number of nitrogens with one attached hydrogen (secondary N) is 6. The van der Waals surface area contributed by atoms with E-state index >= 15 is 0 Å². The van der Waals surface area contributed by atoms with Crippen LogP contribution in [0.5, 0.6) is 11.5 Å². The van der Waals surface area contributed by atoms with Crippen LogP contribution in [0.3, 0.4) is 0 Å². The first-order valence-electron chi connectivity index (χ1n) is 44.7. The van der Waals surface area contributed by atoms with E-state index in [1.807, 2.05) is 43.3 Å². The number of aliphatic hydroxyl groups excluding tert-OH is 8. The number of nitrogens with zero attached hydrogens (tertiary/aromatic N) is 10. The molecule has 5 saturated heterocycles. The van der Waals surface area contributed by atoms with E-state index in [0.717, 1.165) is 110 Å². The second-order valence-corrected chi connectivity index (χ2v) is 34.6. The molecule has 2 aromatic heterocycles. The minimum atomic E-state index is -2.28. The molecule has 37 nitrogen and oxygen atoms in total. The van der Waals surface area contributed by atoms with Crippen LogP contribution in [0.4, 0.5) is 20.2 Å². The van der Waals surface area contributed by atoms with Gasteiger partial charge in [-0.1, -0.05) is 90.8 Å². The van der Waals surface area contributed by atoms with E-state index in [9.17, 15) is 93.1 Å². The molecule has 5 fully saturated rings. The van der Waals surface area contributed by atoms with Gasteiger partial charge in [0, 0.05) is 101 Å². The van der Waals surface area contributed by atoms with E-state index < -0.39 is 169 Å². The summed E-state index contributed by atoms with van der Waals surface area (Å²) in [5.41, 5.74) is 13.4. The standard InChI is InChI=1S/C52H88N10O15.C37H42F2N8O4/c1-5-28(2)24-29(3)12-10-8-6-7-9-11-13-39(69)56-34-26-38(68)46(55-22-21-54)60-50(75)43-37(67)19-23-61(43)52(77)41(36(66)18-20-53)58-49(74)42(45(71)44(70)31-14-16-32(64)17-15-31)59-48(73)35-25-33(65)27-62(35)51(76)40(30(4)63)57-47(34)72;1-3-35(26(2)48)47-36(49)46(25-42-47)31-7-5-29(6-8-31)43-14-16-44(17-15-43)30-9-11-32(12-10-30)50-20-27-19-37(51-21-27,22-45-24-40-23-41-45)33-13-4-28(38)18-34(33)39/h14-17,28-30,33-38,40-46,55,63-68,70-71H,5-13,18-27,53-54H2,1-4H3,(H,56,69)(H,57,72)(H,58,74)(H,59,73)(H,60,75);4-13,18,23-27,35,48H,3,14-17,19-22H2,1-2H3/t28?,29?,30-,33-,34+,35+,36-,37+,38-,40+,41+,42+,43+,44+,45+,46-;26-,27+,35-,37-/m10/s1. The zero-order valence-electron chi connectivity index (χ0n) is 73.7. The number of nitrogens with two attached hydrogens (primary N) is 2. The van der Waals surface area contributed by atoms with Crippen molar-refractivity contribution in [2.24, 2.45) is 29.2 Å². The molecule has 5 aliphatic heterocycles. The van der Waals surface area contributed by atoms with Crippen molar-refractivity contribution in [3.63, 3.8) is 0 Å². The molecule has 6 aromatic rings. The summed E-state index contributed by atoms with van der Waals surface area (Å²) < 4.78 is 45.6. The first-order valence-corrected chi connectivity index (χ1v) is 44.7. The van der Waals surface area contributed by atoms with E-state index in [0.29, 0.717) is 56.3 Å². The summed E-state index contributed by atoms with van der Waals surface area (Å²) in [4.78, 5) is 124. The summed E-state index contributed by atoms with van der Waals surface area (Å²) in [6.07, 6.45) is -2.06. The number of aromatic nitrogens is 6. The van der Waals surface area contributed by atoms with Crippen molar-refractivity contribution in [3.05, 3.63) is 143 Å². The fourth-order valence-corrected chi connectivity index (χ4v) is 17.5.